The fourth-order valence-electron chi connectivity index (χ4n) is 3.29. The molecule has 29 heavy (non-hydrogen) atoms. The highest BCUT2D eigenvalue weighted by Crippen LogP contribution is 2.21. The van der Waals surface area contributed by atoms with Crippen LogP contribution in [0.3, 0.4) is 0 Å². The van der Waals surface area contributed by atoms with E-state index in [1.165, 1.54) is 33.5 Å². The average Bonchev–Trinajstić information content (AvgIpc) is 3.13. The Hall–Kier alpha value is -3.42. The van der Waals surface area contributed by atoms with Crippen LogP contribution in [0, 0.1) is 11.3 Å². The van der Waals surface area contributed by atoms with Crippen molar-refractivity contribution in [1.82, 2.24) is 14.2 Å². The van der Waals surface area contributed by atoms with Gasteiger partial charge in [-0.15, -0.1) is 0 Å². The summed E-state index contributed by atoms with van der Waals surface area (Å²) >= 11 is 0. The molecule has 0 unspecified atom stereocenters. The Kier molecular flexibility index (Phi) is 4.70. The van der Waals surface area contributed by atoms with Gasteiger partial charge in [-0.25, -0.2) is 13.2 Å². The molecule has 0 radical (unpaired) electrons. The van der Waals surface area contributed by atoms with Crippen molar-refractivity contribution in [2.75, 3.05) is 26.2 Å². The van der Waals surface area contributed by atoms with Crippen molar-refractivity contribution in [2.45, 2.75) is 4.90 Å². The quantitative estimate of drug-likeness (QED) is 0.687. The number of benzene rings is 2. The van der Waals surface area contributed by atoms with Gasteiger partial charge in [-0.3, -0.25) is 9.78 Å². The van der Waals surface area contributed by atoms with E-state index in [4.69, 9.17) is 9.68 Å². The summed E-state index contributed by atoms with van der Waals surface area (Å²) in [6.07, 6.45) is 0. The second-order valence-electron chi connectivity index (χ2n) is 6.53. The minimum atomic E-state index is -3.71. The topological polar surface area (TPSA) is 127 Å². The number of fused-ring (bicyclic) bond motifs is 1. The Balaban J connectivity index is 1.50. The first-order valence-electron chi connectivity index (χ1n) is 8.81. The number of hydrogen-bond donors (Lipinski definition) is 1. The van der Waals surface area contributed by atoms with Crippen molar-refractivity contribution < 1.29 is 17.6 Å². The van der Waals surface area contributed by atoms with Crippen LogP contribution in [0.4, 0.5) is 0 Å². The Labute approximate surface area is 165 Å². The second-order valence-corrected chi connectivity index (χ2v) is 8.47. The van der Waals surface area contributed by atoms with Crippen LogP contribution in [0.25, 0.3) is 11.1 Å². The van der Waals surface area contributed by atoms with Crippen molar-refractivity contribution in [2.24, 2.45) is 0 Å². The van der Waals surface area contributed by atoms with E-state index in [9.17, 15) is 18.0 Å². The average molecular weight is 412 g/mol. The lowest BCUT2D eigenvalue weighted by atomic mass is 10.1. The molecule has 1 aliphatic rings. The number of aromatic amines is 1. The molecule has 0 saturated carbocycles. The van der Waals surface area contributed by atoms with Gasteiger partial charge in [0.15, 0.2) is 5.58 Å². The highest BCUT2D eigenvalue weighted by atomic mass is 32.2. The lowest BCUT2D eigenvalue weighted by Crippen LogP contribution is -2.50. The Morgan fingerprint density at radius 2 is 1.76 bits per heavy atom. The van der Waals surface area contributed by atoms with Gasteiger partial charge in [0.1, 0.15) is 0 Å². The van der Waals surface area contributed by atoms with E-state index < -0.39 is 15.8 Å². The van der Waals surface area contributed by atoms with Gasteiger partial charge in [0.25, 0.3) is 5.91 Å². The summed E-state index contributed by atoms with van der Waals surface area (Å²) in [5.41, 5.74) is 1.26. The molecule has 1 aliphatic heterocycles. The first kappa shape index (κ1) is 18.9. The van der Waals surface area contributed by atoms with Crippen LogP contribution in [0.1, 0.15) is 15.9 Å². The molecule has 0 bridgehead atoms. The summed E-state index contributed by atoms with van der Waals surface area (Å²) in [5.74, 6) is -0.965. The molecule has 0 atom stereocenters. The third-order valence-corrected chi connectivity index (χ3v) is 6.74. The third-order valence-electron chi connectivity index (χ3n) is 4.82. The maximum absolute atomic E-state index is 12.9. The van der Waals surface area contributed by atoms with Gasteiger partial charge < -0.3 is 9.32 Å². The van der Waals surface area contributed by atoms with E-state index in [1.807, 2.05) is 6.07 Å². The first-order chi connectivity index (χ1) is 13.9. The summed E-state index contributed by atoms with van der Waals surface area (Å²) < 4.78 is 32.0. The van der Waals surface area contributed by atoms with Crippen LogP contribution < -0.4 is 5.76 Å². The van der Waals surface area contributed by atoms with E-state index in [2.05, 4.69) is 4.98 Å². The number of oxazole rings is 1. The van der Waals surface area contributed by atoms with E-state index in [1.54, 1.807) is 18.2 Å². The monoisotopic (exact) mass is 412 g/mol. The SMILES string of the molecule is N#Cc1ccc(S(=O)(=O)N2CCN(C(=O)c3cccc4[nH]c(=O)oc34)CC2)cc1. The van der Waals surface area contributed by atoms with Gasteiger partial charge in [-0.05, 0) is 36.4 Å². The smallest absolute Gasteiger partial charge is 0.407 e. The number of piperazine rings is 1. The summed E-state index contributed by atoms with van der Waals surface area (Å²) in [4.78, 5) is 28.5. The normalized spacial score (nSPS) is 15.3. The Morgan fingerprint density at radius 1 is 1.07 bits per heavy atom. The number of carbonyl (C=O) groups excluding carboxylic acids is 1. The summed E-state index contributed by atoms with van der Waals surface area (Å²) in [6.45, 7) is 0.695. The number of amides is 1. The summed E-state index contributed by atoms with van der Waals surface area (Å²) in [5, 5.41) is 8.85. The number of H-pyrrole nitrogens is 1. The summed E-state index contributed by atoms with van der Waals surface area (Å²) in [6, 6.07) is 12.5. The minimum absolute atomic E-state index is 0.107. The zero-order valence-electron chi connectivity index (χ0n) is 15.2. The van der Waals surface area contributed by atoms with Crippen molar-refractivity contribution >= 4 is 27.0 Å². The lowest BCUT2D eigenvalue weighted by molar-refractivity contribution is 0.0698. The number of para-hydroxylation sites is 1. The van der Waals surface area contributed by atoms with Crippen molar-refractivity contribution in [3.8, 4) is 6.07 Å². The fourth-order valence-corrected chi connectivity index (χ4v) is 4.72. The third kappa shape index (κ3) is 3.41. The van der Waals surface area contributed by atoms with E-state index in [0.717, 1.165) is 0 Å². The largest absolute Gasteiger partial charge is 0.417 e. The molecule has 1 aromatic heterocycles. The van der Waals surface area contributed by atoms with Crippen LogP contribution in [0.2, 0.25) is 0 Å². The zero-order chi connectivity index (χ0) is 20.6. The first-order valence-corrected chi connectivity index (χ1v) is 10.3. The van der Waals surface area contributed by atoms with Crippen molar-refractivity contribution in [1.29, 1.82) is 5.26 Å². The Morgan fingerprint density at radius 3 is 2.41 bits per heavy atom. The molecule has 2 heterocycles. The van der Waals surface area contributed by atoms with Crippen molar-refractivity contribution in [3.05, 3.63) is 64.1 Å². The van der Waals surface area contributed by atoms with Crippen LogP contribution in [-0.2, 0) is 10.0 Å². The van der Waals surface area contributed by atoms with Crippen LogP contribution in [-0.4, -0.2) is 54.7 Å². The molecule has 4 rings (SSSR count). The molecule has 0 aliphatic carbocycles. The van der Waals surface area contributed by atoms with Gasteiger partial charge in [0.2, 0.25) is 10.0 Å². The molecule has 1 amide bonds. The van der Waals surface area contributed by atoms with Gasteiger partial charge in [0.05, 0.1) is 27.6 Å². The number of aromatic nitrogens is 1. The van der Waals surface area contributed by atoms with Gasteiger partial charge in [-0.2, -0.15) is 9.57 Å². The highest BCUT2D eigenvalue weighted by molar-refractivity contribution is 7.89. The molecule has 0 spiro atoms. The van der Waals surface area contributed by atoms with Gasteiger partial charge in [0, 0.05) is 26.2 Å². The predicted molar refractivity (Wildman–Crippen MR) is 103 cm³/mol. The number of rotatable bonds is 3. The van der Waals surface area contributed by atoms with Crippen molar-refractivity contribution in [3.63, 3.8) is 0 Å². The van der Waals surface area contributed by atoms with Gasteiger partial charge >= 0.3 is 5.76 Å². The second kappa shape index (κ2) is 7.20. The molecule has 1 fully saturated rings. The lowest BCUT2D eigenvalue weighted by Gasteiger charge is -2.34. The summed E-state index contributed by atoms with van der Waals surface area (Å²) in [7, 11) is -3.71. The maximum Gasteiger partial charge on any atom is 0.417 e. The fraction of sp³-hybridized carbons (Fsp3) is 0.211. The molecule has 3 aromatic rings. The number of nitriles is 1. The minimum Gasteiger partial charge on any atom is -0.407 e. The predicted octanol–water partition coefficient (Wildman–Crippen LogP) is 1.14. The van der Waals surface area contributed by atoms with Crippen LogP contribution in [0.5, 0.6) is 0 Å². The number of nitrogens with one attached hydrogen (secondary N) is 1. The van der Waals surface area contributed by atoms with Gasteiger partial charge in [-0.1, -0.05) is 6.07 Å². The zero-order valence-corrected chi connectivity index (χ0v) is 16.0. The number of nitrogens with zero attached hydrogens (tertiary/aromatic N) is 3. The molecule has 148 valence electrons. The molecular formula is C19H16N4O5S. The highest BCUT2D eigenvalue weighted by Gasteiger charge is 2.31. The van der Waals surface area contributed by atoms with E-state index >= 15 is 0 Å². The van der Waals surface area contributed by atoms with Crippen LogP contribution >= 0.6 is 0 Å². The molecular weight excluding hydrogens is 396 g/mol. The Bertz CT molecular complexity index is 1280. The van der Waals surface area contributed by atoms with E-state index in [0.29, 0.717) is 11.1 Å². The number of sulfonamides is 1. The molecule has 1 N–H and O–H groups in total. The number of carbonyl (C=O) groups is 1. The van der Waals surface area contributed by atoms with E-state index in [-0.39, 0.29) is 48.1 Å². The molecule has 1 saturated heterocycles. The molecule has 9 nitrogen and oxygen atoms in total. The molecule has 10 heteroatoms. The molecule has 2 aromatic carbocycles. The standard InChI is InChI=1S/C19H16N4O5S/c20-12-13-4-6-14(7-5-13)29(26,27)23-10-8-22(9-11-23)18(24)15-2-1-3-16-17(15)28-19(25)21-16/h1-7H,8-11H2,(H,21,25). The van der Waals surface area contributed by atoms with Crippen LogP contribution in [0.15, 0.2) is 56.6 Å². The maximum atomic E-state index is 12.9. The number of hydrogen-bond acceptors (Lipinski definition) is 6.